The van der Waals surface area contributed by atoms with E-state index in [1.54, 1.807) is 24.3 Å². The molecule has 2 atom stereocenters. The lowest BCUT2D eigenvalue weighted by Crippen LogP contribution is -2.53. The van der Waals surface area contributed by atoms with E-state index in [9.17, 15) is 8.42 Å². The predicted octanol–water partition coefficient (Wildman–Crippen LogP) is 26.0. The molecule has 3 aromatic heterocycles. The molecule has 0 bridgehead atoms. The van der Waals surface area contributed by atoms with Crippen LogP contribution < -0.4 is 45.0 Å². The van der Waals surface area contributed by atoms with Crippen molar-refractivity contribution in [3.8, 4) is 29.0 Å². The summed E-state index contributed by atoms with van der Waals surface area (Å²) in [4.78, 5) is 16.0. The van der Waals surface area contributed by atoms with Gasteiger partial charge in [-0.3, -0.25) is 4.98 Å². The van der Waals surface area contributed by atoms with E-state index in [4.69, 9.17) is 28.4 Å². The first-order valence-corrected chi connectivity index (χ1v) is 48.6. The van der Waals surface area contributed by atoms with Gasteiger partial charge in [0.25, 0.3) is 0 Å². The van der Waals surface area contributed by atoms with Crippen LogP contribution in [0.5, 0.6) is 29.0 Å². The molecule has 708 valence electrons. The summed E-state index contributed by atoms with van der Waals surface area (Å²) in [7, 11) is -3.20. The fourth-order valence-electron chi connectivity index (χ4n) is 12.4. The minimum absolute atomic E-state index is 0.0811. The SMILES string of the molecule is CC.CC(C)(C)CCCOC1CCN(CCC(C)(C)C)CC1.CC(C)(C)CCCS(=O)(=O)c1ccc(OCC(C)(C)C)cc1.CC(C)(C)CCc1cccc(OC2CC(NC(C)(C)C)C2)c1.CC(C)(C)NCCCOc1ccc(C(C)(C)C)nc1.C[C@@H](CNC(C)(C)C)Oc1cc(C(C)(C)C)ccn1.C[C@H](CNC(C)(C)C)Oc1cc(C(C)(C)C)ccn1. The Labute approximate surface area is 757 Å². The number of sulfone groups is 1. The molecule has 1 aliphatic heterocycles. The van der Waals surface area contributed by atoms with Crippen molar-refractivity contribution in [2.45, 2.75) is 428 Å². The van der Waals surface area contributed by atoms with E-state index in [-0.39, 0.29) is 67.2 Å². The molecule has 123 heavy (non-hydrogen) atoms. The summed E-state index contributed by atoms with van der Waals surface area (Å²) in [5.74, 6) is 4.20. The van der Waals surface area contributed by atoms with E-state index in [0.29, 0.717) is 69.9 Å². The summed E-state index contributed by atoms with van der Waals surface area (Å²) in [5.41, 5.74) is 7.42. The lowest BCUT2D eigenvalue weighted by Gasteiger charge is -2.40. The minimum Gasteiger partial charge on any atom is -0.493 e. The molecule has 5 aromatic rings. The number of pyridine rings is 3. The Kier molecular flexibility index (Phi) is 49.2. The second-order valence-electron chi connectivity index (χ2n) is 47.6. The van der Waals surface area contributed by atoms with E-state index in [2.05, 4.69) is 328 Å². The molecule has 4 heterocycles. The van der Waals surface area contributed by atoms with Crippen molar-refractivity contribution in [3.05, 3.63) is 126 Å². The van der Waals surface area contributed by atoms with Crippen LogP contribution >= 0.6 is 0 Å². The van der Waals surface area contributed by atoms with Gasteiger partial charge < -0.3 is 54.6 Å². The van der Waals surface area contributed by atoms with Crippen LogP contribution in [0.3, 0.4) is 0 Å². The fraction of sp³-hybridized carbons (Fsp3) is 0.745. The molecule has 2 aliphatic rings. The number of hydrogen-bond acceptors (Lipinski definition) is 16. The zero-order chi connectivity index (χ0) is 94.5. The van der Waals surface area contributed by atoms with Crippen molar-refractivity contribution < 1.29 is 36.8 Å². The average molecular weight is 1740 g/mol. The van der Waals surface area contributed by atoms with Crippen molar-refractivity contribution >= 4 is 9.84 Å². The van der Waals surface area contributed by atoms with Gasteiger partial charge in [-0.05, 0) is 302 Å². The lowest BCUT2D eigenvalue weighted by atomic mass is 9.87. The van der Waals surface area contributed by atoms with E-state index >= 15 is 0 Å². The summed E-state index contributed by atoms with van der Waals surface area (Å²) < 4.78 is 59.9. The van der Waals surface area contributed by atoms with Crippen molar-refractivity contribution in [3.63, 3.8) is 0 Å². The number of benzene rings is 2. The zero-order valence-corrected chi connectivity index (χ0v) is 87.5. The summed E-state index contributed by atoms with van der Waals surface area (Å²) in [6.07, 6.45) is 19.9. The van der Waals surface area contributed by atoms with Crippen LogP contribution in [-0.2, 0) is 37.2 Å². The third-order valence-electron chi connectivity index (χ3n) is 19.9. The van der Waals surface area contributed by atoms with Crippen LogP contribution in [0.2, 0.25) is 0 Å². The Balaban J connectivity index is 0.000000736. The monoisotopic (exact) mass is 1740 g/mol. The number of aromatic nitrogens is 3. The van der Waals surface area contributed by atoms with Gasteiger partial charge in [-0.2, -0.15) is 0 Å². The zero-order valence-electron chi connectivity index (χ0n) is 86.7. The summed E-state index contributed by atoms with van der Waals surface area (Å²) in [6, 6.07) is 28.2. The second-order valence-corrected chi connectivity index (χ2v) is 49.7. The van der Waals surface area contributed by atoms with Gasteiger partial charge in [0.1, 0.15) is 35.6 Å². The summed E-state index contributed by atoms with van der Waals surface area (Å²) in [6.45, 7) is 95.9. The third kappa shape index (κ3) is 60.9. The number of piperidine rings is 1. The molecule has 0 radical (unpaired) electrons. The largest absolute Gasteiger partial charge is 0.493 e. The number of likely N-dealkylation sites (tertiary alicyclic amines) is 1. The van der Waals surface area contributed by atoms with Gasteiger partial charge in [0.05, 0.1) is 36.2 Å². The number of rotatable bonds is 30. The molecule has 17 heteroatoms. The standard InChI is InChI=1S/C20H33NO.C18H37NO.C18H30O3S.3C16H28N2O.C2H6/c1-19(2,3)11-10-15-8-7-9-17(12-15)22-18-13-16(14-18)21-20(4,5)6;1-17(2,3)10-7-15-20-16-8-12-19(13-9-16)14-11-18(4,5)6;1-17(2,3)12-7-13-22(19,20)16-10-8-15(9-11-16)21-14-18(4,5)6;2*1-12(11-18-16(5,6)7)19-14-10-13(8-9-17-14)15(2,3)4;1-15(2,3)14-9-8-13(12-17-14)19-11-7-10-18-16(4,5)6;1-2/h7-9,12,16,18,21H,10-11,13-14H2,1-6H3;16H,7-15H2,1-6H3;8-11H,7,12-14H2,1-6H3;2*8-10,12,18H,11H2,1-7H3;8-9,12,18H,7,10-11H2,1-6H3;1-2H3/t;;;2*12-;;/m...10../s1. The molecule has 0 unspecified atom stereocenters. The van der Waals surface area contributed by atoms with Gasteiger partial charge >= 0.3 is 0 Å². The first-order chi connectivity index (χ1) is 56.0. The molecule has 2 aromatic carbocycles. The van der Waals surface area contributed by atoms with Crippen molar-refractivity contribution in [2.75, 3.05) is 64.8 Å². The molecule has 0 spiro atoms. The molecule has 0 amide bonds. The van der Waals surface area contributed by atoms with E-state index in [0.717, 1.165) is 82.1 Å². The lowest BCUT2D eigenvalue weighted by molar-refractivity contribution is 0.00217. The second kappa shape index (κ2) is 52.3. The topological polar surface area (TPSA) is 180 Å². The van der Waals surface area contributed by atoms with Gasteiger partial charge in [0.15, 0.2) is 9.84 Å². The molecule has 2 fully saturated rings. The van der Waals surface area contributed by atoms with Crippen LogP contribution in [-0.4, -0.2) is 146 Å². The van der Waals surface area contributed by atoms with Crippen molar-refractivity contribution in [1.29, 1.82) is 0 Å². The Morgan fingerprint density at radius 1 is 0.455 bits per heavy atom. The Hall–Kier alpha value is -5.40. The van der Waals surface area contributed by atoms with Gasteiger partial charge in [-0.25, -0.2) is 18.4 Å². The number of nitrogens with one attached hydrogen (secondary N) is 4. The number of aryl methyl sites for hydroxylation is 1. The highest BCUT2D eigenvalue weighted by Gasteiger charge is 2.34. The normalized spacial score (nSPS) is 15.9. The van der Waals surface area contributed by atoms with Crippen LogP contribution in [0.15, 0.2) is 108 Å². The smallest absolute Gasteiger partial charge is 0.213 e. The van der Waals surface area contributed by atoms with Crippen molar-refractivity contribution in [2.24, 2.45) is 27.1 Å². The van der Waals surface area contributed by atoms with Crippen LogP contribution in [0.25, 0.3) is 0 Å². The maximum absolute atomic E-state index is 12.3. The van der Waals surface area contributed by atoms with Gasteiger partial charge in [-0.15, -0.1) is 0 Å². The molecule has 4 N–H and O–H groups in total. The third-order valence-corrected chi connectivity index (χ3v) is 21.7. The van der Waals surface area contributed by atoms with Crippen molar-refractivity contribution in [1.82, 2.24) is 41.1 Å². The Bertz CT molecular complexity index is 3650. The Morgan fingerprint density at radius 3 is 1.35 bits per heavy atom. The first-order valence-electron chi connectivity index (χ1n) is 46.9. The van der Waals surface area contributed by atoms with Crippen LogP contribution in [0.1, 0.15) is 370 Å². The quantitative estimate of drug-likeness (QED) is 0.0319. The molecule has 1 aliphatic carbocycles. The Morgan fingerprint density at radius 2 is 0.927 bits per heavy atom. The summed E-state index contributed by atoms with van der Waals surface area (Å²) in [5, 5.41) is 13.9. The maximum Gasteiger partial charge on any atom is 0.213 e. The maximum atomic E-state index is 12.3. The van der Waals surface area contributed by atoms with Gasteiger partial charge in [0, 0.05) is 96.6 Å². The highest BCUT2D eigenvalue weighted by Crippen LogP contribution is 2.33. The van der Waals surface area contributed by atoms with E-state index < -0.39 is 9.84 Å². The van der Waals surface area contributed by atoms with Crippen LogP contribution in [0, 0.1) is 27.1 Å². The molecular formula is C106H190N8O8S. The number of hydrogen-bond donors (Lipinski definition) is 4. The fourth-order valence-corrected chi connectivity index (χ4v) is 13.7. The average Bonchev–Trinajstić information content (AvgIpc) is 0.804. The van der Waals surface area contributed by atoms with Crippen LogP contribution in [0.4, 0.5) is 0 Å². The molecule has 7 rings (SSSR count). The molecule has 1 saturated heterocycles. The highest BCUT2D eigenvalue weighted by molar-refractivity contribution is 7.91. The molecular weight excluding hydrogens is 1550 g/mol. The minimum atomic E-state index is -3.20. The molecule has 16 nitrogen and oxygen atoms in total. The van der Waals surface area contributed by atoms with Gasteiger partial charge in [0.2, 0.25) is 11.8 Å². The summed E-state index contributed by atoms with van der Waals surface area (Å²) >= 11 is 0. The molecule has 1 saturated carbocycles. The van der Waals surface area contributed by atoms with E-state index in [1.807, 2.05) is 68.8 Å². The van der Waals surface area contributed by atoms with E-state index in [1.165, 1.54) is 74.8 Å². The first kappa shape index (κ1) is 116. The number of ether oxygens (including phenoxy) is 6. The number of nitrogens with zero attached hydrogens (tertiary/aromatic N) is 4. The van der Waals surface area contributed by atoms with Gasteiger partial charge in [-0.1, -0.05) is 192 Å². The highest BCUT2D eigenvalue weighted by atomic mass is 32.2. The predicted molar refractivity (Wildman–Crippen MR) is 529 cm³/mol.